The van der Waals surface area contributed by atoms with Gasteiger partial charge in [0.05, 0.1) is 12.4 Å². The molecule has 0 aromatic carbocycles. The molecular formula is C15H24N4O. The highest BCUT2D eigenvalue weighted by Gasteiger charge is 2.33. The number of hydrogen-bond acceptors (Lipinski definition) is 4. The Morgan fingerprint density at radius 1 is 1.35 bits per heavy atom. The molecule has 20 heavy (non-hydrogen) atoms. The van der Waals surface area contributed by atoms with Gasteiger partial charge in [0, 0.05) is 12.6 Å². The van der Waals surface area contributed by atoms with E-state index < -0.39 is 0 Å². The minimum atomic E-state index is -0.125. The molecule has 1 aliphatic rings. The number of aromatic nitrogens is 2. The van der Waals surface area contributed by atoms with Crippen LogP contribution in [0.3, 0.4) is 0 Å². The minimum Gasteiger partial charge on any atom is -0.369 e. The lowest BCUT2D eigenvalue weighted by molar-refractivity contribution is 0.0848. The number of anilines is 1. The van der Waals surface area contributed by atoms with E-state index in [1.807, 2.05) is 6.92 Å². The van der Waals surface area contributed by atoms with Crippen LogP contribution in [0.4, 0.5) is 5.82 Å². The van der Waals surface area contributed by atoms with Crippen molar-refractivity contribution in [3.63, 3.8) is 0 Å². The Morgan fingerprint density at radius 2 is 2.15 bits per heavy atom. The van der Waals surface area contributed by atoms with E-state index in [0.717, 1.165) is 19.4 Å². The first-order valence-electron chi connectivity index (χ1n) is 7.39. The molecule has 1 saturated carbocycles. The molecule has 1 heterocycles. The molecule has 1 amide bonds. The lowest BCUT2D eigenvalue weighted by Gasteiger charge is -2.38. The largest absolute Gasteiger partial charge is 0.369 e. The van der Waals surface area contributed by atoms with Crippen molar-refractivity contribution in [2.45, 2.75) is 52.5 Å². The number of amides is 1. The smallest absolute Gasteiger partial charge is 0.271 e. The molecule has 5 nitrogen and oxygen atoms in total. The van der Waals surface area contributed by atoms with Crippen LogP contribution < -0.4 is 10.6 Å². The predicted octanol–water partition coefficient (Wildman–Crippen LogP) is 2.61. The molecule has 0 spiro atoms. The van der Waals surface area contributed by atoms with Crippen LogP contribution in [0.2, 0.25) is 0 Å². The summed E-state index contributed by atoms with van der Waals surface area (Å²) in [4.78, 5) is 20.6. The first-order chi connectivity index (χ1) is 9.53. The van der Waals surface area contributed by atoms with Crippen molar-refractivity contribution in [2.24, 2.45) is 5.41 Å². The van der Waals surface area contributed by atoms with Crippen LogP contribution in [0, 0.1) is 5.41 Å². The molecule has 2 N–H and O–H groups in total. The van der Waals surface area contributed by atoms with Crippen LogP contribution in [0.25, 0.3) is 0 Å². The minimum absolute atomic E-state index is 0.125. The Morgan fingerprint density at radius 3 is 2.75 bits per heavy atom. The second kappa shape index (κ2) is 6.20. The van der Waals surface area contributed by atoms with E-state index >= 15 is 0 Å². The fourth-order valence-corrected chi connectivity index (χ4v) is 2.71. The van der Waals surface area contributed by atoms with Gasteiger partial charge in [-0.05, 0) is 25.2 Å². The van der Waals surface area contributed by atoms with Gasteiger partial charge in [-0.3, -0.25) is 4.79 Å². The van der Waals surface area contributed by atoms with Crippen molar-refractivity contribution in [1.29, 1.82) is 0 Å². The molecule has 2 rings (SSSR count). The maximum atomic E-state index is 12.2. The van der Waals surface area contributed by atoms with Crippen molar-refractivity contribution in [2.75, 3.05) is 11.9 Å². The van der Waals surface area contributed by atoms with Gasteiger partial charge in [-0.1, -0.05) is 26.7 Å². The van der Waals surface area contributed by atoms with Crippen LogP contribution >= 0.6 is 0 Å². The van der Waals surface area contributed by atoms with E-state index in [-0.39, 0.29) is 17.4 Å². The lowest BCUT2D eigenvalue weighted by Crippen LogP contribution is -2.47. The average Bonchev–Trinajstić information content (AvgIpc) is 2.42. The molecule has 5 heteroatoms. The molecule has 1 atom stereocenters. The zero-order valence-corrected chi connectivity index (χ0v) is 12.6. The van der Waals surface area contributed by atoms with Crippen LogP contribution in [0.15, 0.2) is 12.4 Å². The normalized spacial score (nSPS) is 21.2. The van der Waals surface area contributed by atoms with Gasteiger partial charge in [-0.15, -0.1) is 0 Å². The third kappa shape index (κ3) is 3.46. The Bertz CT molecular complexity index is 455. The van der Waals surface area contributed by atoms with Gasteiger partial charge < -0.3 is 10.6 Å². The predicted molar refractivity (Wildman–Crippen MR) is 79.7 cm³/mol. The molecule has 0 bridgehead atoms. The fourth-order valence-electron chi connectivity index (χ4n) is 2.71. The van der Waals surface area contributed by atoms with E-state index in [4.69, 9.17) is 0 Å². The summed E-state index contributed by atoms with van der Waals surface area (Å²) in [6, 6.07) is 0.221. The van der Waals surface area contributed by atoms with Gasteiger partial charge in [0.15, 0.2) is 0 Å². The van der Waals surface area contributed by atoms with Crippen molar-refractivity contribution in [3.05, 3.63) is 18.1 Å². The van der Waals surface area contributed by atoms with Crippen LogP contribution in [-0.4, -0.2) is 28.5 Å². The van der Waals surface area contributed by atoms with E-state index in [9.17, 15) is 4.79 Å². The number of hydrogen-bond donors (Lipinski definition) is 2. The molecule has 1 aromatic heterocycles. The van der Waals surface area contributed by atoms with Gasteiger partial charge in [-0.25, -0.2) is 9.97 Å². The average molecular weight is 276 g/mol. The number of nitrogens with one attached hydrogen (secondary N) is 2. The summed E-state index contributed by atoms with van der Waals surface area (Å²) < 4.78 is 0. The van der Waals surface area contributed by atoms with Crippen molar-refractivity contribution in [1.82, 2.24) is 15.3 Å². The Balaban J connectivity index is 2.00. The highest BCUT2D eigenvalue weighted by Crippen LogP contribution is 2.35. The van der Waals surface area contributed by atoms with Gasteiger partial charge in [0.1, 0.15) is 11.5 Å². The summed E-state index contributed by atoms with van der Waals surface area (Å²) in [6.45, 7) is 7.22. The zero-order chi connectivity index (χ0) is 14.6. The maximum Gasteiger partial charge on any atom is 0.271 e. The monoisotopic (exact) mass is 276 g/mol. The molecule has 0 saturated heterocycles. The van der Waals surface area contributed by atoms with Crippen LogP contribution in [0.1, 0.15) is 56.9 Å². The SMILES string of the molecule is CCNc1cnc(C(=O)NC2CCCCC2(C)C)cn1. The molecule has 1 fully saturated rings. The quantitative estimate of drug-likeness (QED) is 0.887. The van der Waals surface area contributed by atoms with Gasteiger partial charge >= 0.3 is 0 Å². The number of nitrogens with zero attached hydrogens (tertiary/aromatic N) is 2. The zero-order valence-electron chi connectivity index (χ0n) is 12.6. The van der Waals surface area contributed by atoms with Crippen molar-refractivity contribution < 1.29 is 4.79 Å². The van der Waals surface area contributed by atoms with E-state index in [2.05, 4.69) is 34.4 Å². The van der Waals surface area contributed by atoms with Crippen molar-refractivity contribution in [3.8, 4) is 0 Å². The highest BCUT2D eigenvalue weighted by atomic mass is 16.2. The fraction of sp³-hybridized carbons (Fsp3) is 0.667. The number of carbonyl (C=O) groups is 1. The molecule has 0 aliphatic heterocycles. The summed E-state index contributed by atoms with van der Waals surface area (Å²) >= 11 is 0. The summed E-state index contributed by atoms with van der Waals surface area (Å²) in [5.41, 5.74) is 0.540. The number of rotatable bonds is 4. The molecular weight excluding hydrogens is 252 g/mol. The molecule has 1 aromatic rings. The van der Waals surface area contributed by atoms with Gasteiger partial charge in [-0.2, -0.15) is 0 Å². The van der Waals surface area contributed by atoms with E-state index in [1.165, 1.54) is 19.0 Å². The first kappa shape index (κ1) is 14.8. The maximum absolute atomic E-state index is 12.2. The first-order valence-corrected chi connectivity index (χ1v) is 7.39. The van der Waals surface area contributed by atoms with Gasteiger partial charge in [0.2, 0.25) is 0 Å². The second-order valence-corrected chi connectivity index (χ2v) is 6.08. The topological polar surface area (TPSA) is 66.9 Å². The molecule has 1 unspecified atom stereocenters. The van der Waals surface area contributed by atoms with Crippen LogP contribution in [-0.2, 0) is 0 Å². The second-order valence-electron chi connectivity index (χ2n) is 6.08. The van der Waals surface area contributed by atoms with E-state index in [0.29, 0.717) is 11.5 Å². The highest BCUT2D eigenvalue weighted by molar-refractivity contribution is 5.92. The Labute approximate surface area is 120 Å². The lowest BCUT2D eigenvalue weighted by atomic mass is 9.73. The summed E-state index contributed by atoms with van der Waals surface area (Å²) in [5.74, 6) is 0.572. The number of carbonyl (C=O) groups excluding carboxylic acids is 1. The summed E-state index contributed by atoms with van der Waals surface area (Å²) in [7, 11) is 0. The summed E-state index contributed by atoms with van der Waals surface area (Å²) in [6.07, 6.45) is 7.76. The third-order valence-corrected chi connectivity index (χ3v) is 4.05. The molecule has 0 radical (unpaired) electrons. The van der Waals surface area contributed by atoms with Crippen LogP contribution in [0.5, 0.6) is 0 Å². The standard InChI is InChI=1S/C15H24N4O/c1-4-16-13-10-17-11(9-18-13)14(20)19-12-7-5-6-8-15(12,2)3/h9-10,12H,4-8H2,1-3H3,(H,16,18)(H,19,20). The van der Waals surface area contributed by atoms with E-state index in [1.54, 1.807) is 6.20 Å². The molecule has 1 aliphatic carbocycles. The van der Waals surface area contributed by atoms with Crippen molar-refractivity contribution >= 4 is 11.7 Å². The third-order valence-electron chi connectivity index (χ3n) is 4.05. The Hall–Kier alpha value is -1.65. The molecule has 110 valence electrons. The summed E-state index contributed by atoms with van der Waals surface area (Å²) in [5, 5.41) is 6.18. The van der Waals surface area contributed by atoms with Gasteiger partial charge in [0.25, 0.3) is 5.91 Å². The Kier molecular flexibility index (Phi) is 4.57.